The van der Waals surface area contributed by atoms with E-state index in [9.17, 15) is 18.0 Å². The second kappa shape index (κ2) is 7.36. The minimum absolute atomic E-state index is 0.0890. The van der Waals surface area contributed by atoms with Crippen molar-refractivity contribution in [2.45, 2.75) is 52.0 Å². The molecule has 1 aliphatic rings. The van der Waals surface area contributed by atoms with E-state index >= 15 is 0 Å². The fourth-order valence-electron chi connectivity index (χ4n) is 2.34. The molecule has 1 aliphatic heterocycles. The molecule has 1 fully saturated rings. The van der Waals surface area contributed by atoms with Crippen molar-refractivity contribution in [3.63, 3.8) is 0 Å². The van der Waals surface area contributed by atoms with Crippen LogP contribution >= 0.6 is 11.8 Å². The summed E-state index contributed by atoms with van der Waals surface area (Å²) in [6.07, 6.45) is -0.914. The van der Waals surface area contributed by atoms with Crippen LogP contribution in [0, 0.1) is 0 Å². The SMILES string of the molecule is CC(=O)SCC(=Cc1cnccc1C(F)(F)F)B1OC(C)(C)C(C)(C)O1. The summed E-state index contributed by atoms with van der Waals surface area (Å²) >= 11 is 0.990. The van der Waals surface area contributed by atoms with Gasteiger partial charge in [-0.25, -0.2) is 0 Å². The average molecular weight is 387 g/mol. The van der Waals surface area contributed by atoms with Crippen LogP contribution in [0.2, 0.25) is 0 Å². The van der Waals surface area contributed by atoms with Gasteiger partial charge in [0.05, 0.1) is 16.8 Å². The van der Waals surface area contributed by atoms with E-state index in [-0.39, 0.29) is 16.4 Å². The predicted molar refractivity (Wildman–Crippen MR) is 96.4 cm³/mol. The Bertz CT molecular complexity index is 703. The third-order valence-corrected chi connectivity index (χ3v) is 5.38. The third kappa shape index (κ3) is 4.69. The Balaban J connectivity index is 2.44. The molecule has 2 rings (SSSR count). The van der Waals surface area contributed by atoms with Crippen molar-refractivity contribution in [3.05, 3.63) is 35.1 Å². The molecule has 1 aromatic heterocycles. The van der Waals surface area contributed by atoms with Gasteiger partial charge in [0.15, 0.2) is 5.12 Å². The number of thioether (sulfide) groups is 1. The lowest BCUT2D eigenvalue weighted by molar-refractivity contribution is -0.137. The van der Waals surface area contributed by atoms with E-state index in [0.717, 1.165) is 30.2 Å². The summed E-state index contributed by atoms with van der Waals surface area (Å²) in [4.78, 5) is 15.1. The third-order valence-electron chi connectivity index (χ3n) is 4.50. The van der Waals surface area contributed by atoms with Crippen LogP contribution in [0.25, 0.3) is 6.08 Å². The summed E-state index contributed by atoms with van der Waals surface area (Å²) in [5, 5.41) is -0.144. The van der Waals surface area contributed by atoms with Crippen LogP contribution in [0.15, 0.2) is 23.9 Å². The summed E-state index contributed by atoms with van der Waals surface area (Å²) in [5.41, 5.74) is -1.72. The van der Waals surface area contributed by atoms with E-state index in [1.165, 1.54) is 13.0 Å². The molecule has 0 radical (unpaired) electrons. The molecule has 0 aromatic carbocycles. The molecule has 1 saturated heterocycles. The van der Waals surface area contributed by atoms with Gasteiger partial charge in [-0.05, 0) is 39.2 Å². The van der Waals surface area contributed by atoms with Gasteiger partial charge >= 0.3 is 13.3 Å². The van der Waals surface area contributed by atoms with E-state index in [2.05, 4.69) is 4.98 Å². The van der Waals surface area contributed by atoms with Gasteiger partial charge in [0.25, 0.3) is 0 Å². The molecule has 0 bridgehead atoms. The Morgan fingerprint density at radius 3 is 2.35 bits per heavy atom. The largest absolute Gasteiger partial charge is 0.491 e. The summed E-state index contributed by atoms with van der Waals surface area (Å²) in [5.74, 6) is 0.165. The summed E-state index contributed by atoms with van der Waals surface area (Å²) < 4.78 is 51.7. The maximum absolute atomic E-state index is 13.3. The molecule has 0 saturated carbocycles. The summed E-state index contributed by atoms with van der Waals surface area (Å²) in [6.45, 7) is 8.82. The van der Waals surface area contributed by atoms with Crippen molar-refractivity contribution in [1.82, 2.24) is 4.98 Å². The van der Waals surface area contributed by atoms with Gasteiger partial charge in [-0.15, -0.1) is 0 Å². The molecule has 0 amide bonds. The normalized spacial score (nSPS) is 19.7. The fourth-order valence-corrected chi connectivity index (χ4v) is 2.93. The molecule has 9 heteroatoms. The summed E-state index contributed by atoms with van der Waals surface area (Å²) in [7, 11) is -0.840. The van der Waals surface area contributed by atoms with Gasteiger partial charge in [0, 0.05) is 30.6 Å². The number of hydrogen-bond donors (Lipinski definition) is 0. The van der Waals surface area contributed by atoms with Crippen molar-refractivity contribution in [2.75, 3.05) is 5.75 Å². The van der Waals surface area contributed by atoms with Crippen molar-refractivity contribution in [2.24, 2.45) is 0 Å². The molecule has 26 heavy (non-hydrogen) atoms. The van der Waals surface area contributed by atoms with E-state index < -0.39 is 30.1 Å². The first-order valence-electron chi connectivity index (χ1n) is 8.04. The highest BCUT2D eigenvalue weighted by atomic mass is 32.2. The van der Waals surface area contributed by atoms with Crippen molar-refractivity contribution >= 4 is 30.1 Å². The number of carbonyl (C=O) groups excluding carboxylic acids is 1. The second-order valence-electron chi connectivity index (χ2n) is 7.05. The number of carbonyl (C=O) groups is 1. The average Bonchev–Trinajstić information content (AvgIpc) is 2.71. The quantitative estimate of drug-likeness (QED) is 0.717. The molecule has 2 heterocycles. The van der Waals surface area contributed by atoms with Crippen LogP contribution in [0.1, 0.15) is 45.7 Å². The predicted octanol–water partition coefficient (Wildman–Crippen LogP) is 4.39. The molecular formula is C17H21BF3NO3S. The number of halogens is 3. The van der Waals surface area contributed by atoms with E-state index in [0.29, 0.717) is 5.47 Å². The Hall–Kier alpha value is -1.32. The number of rotatable bonds is 4. The van der Waals surface area contributed by atoms with Crippen molar-refractivity contribution in [3.8, 4) is 0 Å². The first-order chi connectivity index (χ1) is 11.8. The Kier molecular flexibility index (Phi) is 5.94. The van der Waals surface area contributed by atoms with Crippen LogP contribution in [-0.4, -0.2) is 34.2 Å². The number of alkyl halides is 3. The minimum Gasteiger partial charge on any atom is -0.400 e. The lowest BCUT2D eigenvalue weighted by atomic mass is 9.78. The Morgan fingerprint density at radius 2 is 1.85 bits per heavy atom. The molecule has 0 unspecified atom stereocenters. The number of pyridine rings is 1. The maximum Gasteiger partial charge on any atom is 0.491 e. The van der Waals surface area contributed by atoms with Gasteiger partial charge in [0.1, 0.15) is 0 Å². The highest BCUT2D eigenvalue weighted by molar-refractivity contribution is 8.13. The van der Waals surface area contributed by atoms with Gasteiger partial charge in [-0.2, -0.15) is 13.2 Å². The van der Waals surface area contributed by atoms with Crippen molar-refractivity contribution < 1.29 is 27.3 Å². The lowest BCUT2D eigenvalue weighted by Gasteiger charge is -2.32. The van der Waals surface area contributed by atoms with E-state index in [4.69, 9.17) is 9.31 Å². The molecule has 142 valence electrons. The Morgan fingerprint density at radius 1 is 1.27 bits per heavy atom. The molecule has 4 nitrogen and oxygen atoms in total. The zero-order chi connectivity index (χ0) is 19.8. The van der Waals surface area contributed by atoms with Gasteiger partial charge in [0.2, 0.25) is 0 Å². The molecule has 1 aromatic rings. The molecule has 0 N–H and O–H groups in total. The molecule has 0 spiro atoms. The summed E-state index contributed by atoms with van der Waals surface area (Å²) in [6, 6.07) is 0.922. The van der Waals surface area contributed by atoms with E-state index in [1.54, 1.807) is 0 Å². The number of hydrogen-bond acceptors (Lipinski definition) is 5. The van der Waals surface area contributed by atoms with Crippen LogP contribution in [0.5, 0.6) is 0 Å². The highest BCUT2D eigenvalue weighted by Gasteiger charge is 2.52. The minimum atomic E-state index is -4.51. The standard InChI is InChI=1S/C17H21BF3NO3S/c1-11(23)26-10-13(18-24-15(2,3)16(4,5)25-18)8-12-9-22-7-6-14(12)17(19,20)21/h6-9H,10H2,1-5H3. The van der Waals surface area contributed by atoms with Crippen LogP contribution in [0.3, 0.4) is 0 Å². The monoisotopic (exact) mass is 387 g/mol. The smallest absolute Gasteiger partial charge is 0.400 e. The number of nitrogens with zero attached hydrogens (tertiary/aromatic N) is 1. The van der Waals surface area contributed by atoms with Crippen LogP contribution in [0.4, 0.5) is 13.2 Å². The van der Waals surface area contributed by atoms with Crippen LogP contribution in [-0.2, 0) is 20.3 Å². The van der Waals surface area contributed by atoms with Gasteiger partial charge < -0.3 is 9.31 Å². The first-order valence-corrected chi connectivity index (χ1v) is 9.03. The zero-order valence-electron chi connectivity index (χ0n) is 15.3. The fraction of sp³-hybridized carbons (Fsp3) is 0.529. The Labute approximate surface area is 155 Å². The molecule has 0 atom stereocenters. The zero-order valence-corrected chi connectivity index (χ0v) is 16.1. The van der Waals surface area contributed by atoms with Gasteiger partial charge in [-0.3, -0.25) is 9.78 Å². The topological polar surface area (TPSA) is 48.4 Å². The molecular weight excluding hydrogens is 366 g/mol. The lowest BCUT2D eigenvalue weighted by Crippen LogP contribution is -2.41. The highest BCUT2D eigenvalue weighted by Crippen LogP contribution is 2.40. The molecule has 0 aliphatic carbocycles. The first kappa shape index (κ1) is 21.0. The second-order valence-corrected chi connectivity index (χ2v) is 8.20. The van der Waals surface area contributed by atoms with Crippen LogP contribution < -0.4 is 0 Å². The van der Waals surface area contributed by atoms with E-state index in [1.807, 2.05) is 27.7 Å². The van der Waals surface area contributed by atoms with Crippen molar-refractivity contribution in [1.29, 1.82) is 0 Å². The number of aromatic nitrogens is 1. The maximum atomic E-state index is 13.3. The van der Waals surface area contributed by atoms with Gasteiger partial charge in [-0.1, -0.05) is 17.8 Å².